The molecule has 2 aromatic rings. The van der Waals surface area contributed by atoms with E-state index in [1.165, 1.54) is 16.9 Å². The van der Waals surface area contributed by atoms with Gasteiger partial charge in [-0.3, -0.25) is 4.98 Å². The smallest absolute Gasteiger partial charge is 0.294 e. The lowest BCUT2D eigenvalue weighted by Gasteiger charge is -2.01. The molecule has 0 spiro atoms. The van der Waals surface area contributed by atoms with E-state index in [2.05, 4.69) is 27.4 Å². The lowest BCUT2D eigenvalue weighted by atomic mass is 10.1. The van der Waals surface area contributed by atoms with Gasteiger partial charge in [0.05, 0.1) is 6.61 Å². The Morgan fingerprint density at radius 1 is 1.25 bits per heavy atom. The number of nitrogens with one attached hydrogen (secondary N) is 1. The van der Waals surface area contributed by atoms with Gasteiger partial charge in [-0.25, -0.2) is 0 Å². The highest BCUT2D eigenvalue weighted by Gasteiger charge is 2.04. The molecule has 0 atom stereocenters. The summed E-state index contributed by atoms with van der Waals surface area (Å²) in [6.07, 6.45) is 6.71. The van der Waals surface area contributed by atoms with Gasteiger partial charge in [-0.2, -0.15) is 0 Å². The fourth-order valence-corrected chi connectivity index (χ4v) is 2.41. The molecule has 108 valence electrons. The number of hydrogen-bond acceptors (Lipinski definition) is 6. The monoisotopic (exact) mass is 292 g/mol. The van der Waals surface area contributed by atoms with Crippen LogP contribution in [0, 0.1) is 0 Å². The topological polar surface area (TPSA) is 59.9 Å². The van der Waals surface area contributed by atoms with Crippen molar-refractivity contribution in [3.63, 3.8) is 0 Å². The zero-order valence-electron chi connectivity index (χ0n) is 11.7. The maximum atomic E-state index is 5.62. The van der Waals surface area contributed by atoms with E-state index in [0.29, 0.717) is 11.8 Å². The van der Waals surface area contributed by atoms with E-state index >= 15 is 0 Å². The van der Waals surface area contributed by atoms with Crippen molar-refractivity contribution < 1.29 is 4.74 Å². The molecule has 0 aliphatic heterocycles. The number of aromatic nitrogens is 3. The predicted molar refractivity (Wildman–Crippen MR) is 80.0 cm³/mol. The summed E-state index contributed by atoms with van der Waals surface area (Å²) in [5.41, 5.74) is 1.28. The molecule has 0 saturated heterocycles. The summed E-state index contributed by atoms with van der Waals surface area (Å²) in [6.45, 7) is 4.58. The first-order valence-corrected chi connectivity index (χ1v) is 7.75. The highest BCUT2D eigenvalue weighted by molar-refractivity contribution is 7.13. The number of ether oxygens (including phenoxy) is 1. The average molecular weight is 292 g/mol. The van der Waals surface area contributed by atoms with Crippen LogP contribution in [-0.4, -0.2) is 28.3 Å². The van der Waals surface area contributed by atoms with Crippen LogP contribution in [-0.2, 0) is 13.0 Å². The molecule has 2 heterocycles. The minimum Gasteiger partial charge on any atom is -0.469 e. The Morgan fingerprint density at radius 3 is 2.90 bits per heavy atom. The fraction of sp³-hybridized carbons (Fsp3) is 0.500. The van der Waals surface area contributed by atoms with Gasteiger partial charge in [-0.15, -0.1) is 10.2 Å². The summed E-state index contributed by atoms with van der Waals surface area (Å²) in [4.78, 5) is 4.00. The molecule has 2 aromatic heterocycles. The lowest BCUT2D eigenvalue weighted by Crippen LogP contribution is -2.13. The Morgan fingerprint density at radius 2 is 2.10 bits per heavy atom. The molecule has 0 aliphatic carbocycles. The molecule has 0 aromatic carbocycles. The highest BCUT2D eigenvalue weighted by atomic mass is 32.1. The average Bonchev–Trinajstić information content (AvgIpc) is 2.93. The molecule has 0 saturated carbocycles. The van der Waals surface area contributed by atoms with E-state index in [1.807, 2.05) is 24.5 Å². The first kappa shape index (κ1) is 14.9. The number of pyridine rings is 1. The Hall–Kier alpha value is -1.53. The van der Waals surface area contributed by atoms with Crippen molar-refractivity contribution in [2.45, 2.75) is 32.7 Å². The molecule has 0 fully saturated rings. The van der Waals surface area contributed by atoms with Gasteiger partial charge in [0.2, 0.25) is 0 Å². The second-order valence-corrected chi connectivity index (χ2v) is 5.47. The van der Waals surface area contributed by atoms with Crippen molar-refractivity contribution in [1.29, 1.82) is 0 Å². The number of nitrogens with zero attached hydrogens (tertiary/aromatic N) is 3. The van der Waals surface area contributed by atoms with E-state index < -0.39 is 0 Å². The van der Waals surface area contributed by atoms with E-state index in [-0.39, 0.29) is 0 Å². The second kappa shape index (κ2) is 8.60. The van der Waals surface area contributed by atoms with Crippen molar-refractivity contribution in [2.24, 2.45) is 0 Å². The summed E-state index contributed by atoms with van der Waals surface area (Å²) in [6, 6.07) is 4.06. The van der Waals surface area contributed by atoms with Crippen LogP contribution in [0.1, 0.15) is 30.3 Å². The number of aryl methyl sites for hydroxylation is 1. The summed E-state index contributed by atoms with van der Waals surface area (Å²) < 4.78 is 5.62. The molecule has 5 nitrogen and oxygen atoms in total. The molecule has 20 heavy (non-hydrogen) atoms. The van der Waals surface area contributed by atoms with Crippen LogP contribution in [0.5, 0.6) is 5.19 Å². The first-order valence-electron chi connectivity index (χ1n) is 6.93. The van der Waals surface area contributed by atoms with Crippen molar-refractivity contribution in [2.75, 3.05) is 13.2 Å². The van der Waals surface area contributed by atoms with Crippen LogP contribution in [0.2, 0.25) is 0 Å². The van der Waals surface area contributed by atoms with Gasteiger partial charge in [0.1, 0.15) is 5.01 Å². The zero-order valence-corrected chi connectivity index (χ0v) is 12.5. The summed E-state index contributed by atoms with van der Waals surface area (Å²) in [5.74, 6) is 0. The molecule has 0 aliphatic rings. The SMILES string of the molecule is CCCNCc1nnc(OCCCc2ccncc2)s1. The summed E-state index contributed by atoms with van der Waals surface area (Å²) >= 11 is 1.51. The first-order chi connectivity index (χ1) is 9.88. The molecule has 1 N–H and O–H groups in total. The minimum absolute atomic E-state index is 0.660. The second-order valence-electron chi connectivity index (χ2n) is 4.45. The van der Waals surface area contributed by atoms with E-state index in [9.17, 15) is 0 Å². The highest BCUT2D eigenvalue weighted by Crippen LogP contribution is 2.17. The van der Waals surface area contributed by atoms with E-state index in [0.717, 1.165) is 37.4 Å². The van der Waals surface area contributed by atoms with Gasteiger partial charge < -0.3 is 10.1 Å². The van der Waals surface area contributed by atoms with Gasteiger partial charge in [0.25, 0.3) is 5.19 Å². The van der Waals surface area contributed by atoms with E-state index in [1.54, 1.807) is 0 Å². The predicted octanol–water partition coefficient (Wildman–Crippen LogP) is 2.44. The molecular weight excluding hydrogens is 272 g/mol. The molecule has 2 rings (SSSR count). The third-order valence-electron chi connectivity index (χ3n) is 2.74. The van der Waals surface area contributed by atoms with Crippen molar-refractivity contribution >= 4 is 11.3 Å². The Bertz CT molecular complexity index is 489. The van der Waals surface area contributed by atoms with Crippen LogP contribution in [0.4, 0.5) is 0 Å². The molecular formula is C14H20N4OS. The van der Waals surface area contributed by atoms with Crippen LogP contribution in [0.3, 0.4) is 0 Å². The zero-order chi connectivity index (χ0) is 14.0. The third-order valence-corrected chi connectivity index (χ3v) is 3.57. The molecule has 6 heteroatoms. The van der Waals surface area contributed by atoms with Crippen LogP contribution in [0.25, 0.3) is 0 Å². The number of rotatable bonds is 9. The standard InChI is InChI=1S/C14H20N4OS/c1-2-7-16-11-13-17-18-14(20-13)19-10-3-4-12-5-8-15-9-6-12/h5-6,8-9,16H,2-4,7,10-11H2,1H3. The minimum atomic E-state index is 0.660. The van der Waals surface area contributed by atoms with E-state index in [4.69, 9.17) is 4.74 Å². The maximum absolute atomic E-state index is 5.62. The largest absolute Gasteiger partial charge is 0.469 e. The molecule has 0 bridgehead atoms. The Balaban J connectivity index is 1.64. The Labute approximate surface area is 123 Å². The summed E-state index contributed by atoms with van der Waals surface area (Å²) in [5, 5.41) is 13.1. The Kier molecular flexibility index (Phi) is 6.40. The van der Waals surface area contributed by atoms with Crippen LogP contribution in [0.15, 0.2) is 24.5 Å². The maximum Gasteiger partial charge on any atom is 0.294 e. The van der Waals surface area contributed by atoms with Gasteiger partial charge in [0, 0.05) is 18.9 Å². The number of hydrogen-bond donors (Lipinski definition) is 1. The van der Waals surface area contributed by atoms with Gasteiger partial charge >= 0.3 is 0 Å². The van der Waals surface area contributed by atoms with Gasteiger partial charge in [0.15, 0.2) is 0 Å². The fourth-order valence-electron chi connectivity index (χ4n) is 1.73. The normalized spacial score (nSPS) is 10.7. The summed E-state index contributed by atoms with van der Waals surface area (Å²) in [7, 11) is 0. The lowest BCUT2D eigenvalue weighted by molar-refractivity contribution is 0.307. The van der Waals surface area contributed by atoms with Crippen molar-refractivity contribution in [3.05, 3.63) is 35.1 Å². The third kappa shape index (κ3) is 5.22. The van der Waals surface area contributed by atoms with Crippen LogP contribution < -0.4 is 10.1 Å². The van der Waals surface area contributed by atoms with Crippen molar-refractivity contribution in [3.8, 4) is 5.19 Å². The van der Waals surface area contributed by atoms with Gasteiger partial charge in [-0.1, -0.05) is 18.3 Å². The van der Waals surface area contributed by atoms with Gasteiger partial charge in [-0.05, 0) is 43.5 Å². The molecule has 0 radical (unpaired) electrons. The van der Waals surface area contributed by atoms with Crippen LogP contribution >= 0.6 is 11.3 Å². The molecule has 0 unspecified atom stereocenters. The molecule has 0 amide bonds. The van der Waals surface area contributed by atoms with Crippen molar-refractivity contribution in [1.82, 2.24) is 20.5 Å². The quantitative estimate of drug-likeness (QED) is 0.719.